The fourth-order valence-corrected chi connectivity index (χ4v) is 5.50. The Balaban J connectivity index is 1.49. The topological polar surface area (TPSA) is 62.8 Å². The summed E-state index contributed by atoms with van der Waals surface area (Å²) in [5, 5.41) is 6.03. The lowest BCUT2D eigenvalue weighted by molar-refractivity contribution is 0.156. The number of benzene rings is 2. The number of anilines is 1. The van der Waals surface area contributed by atoms with Gasteiger partial charge >= 0.3 is 6.03 Å². The summed E-state index contributed by atoms with van der Waals surface area (Å²) in [6.45, 7) is 0.997. The standard InChI is InChI=1S/C24H29ClFN3O3/c1-29-11-10-24(15-4-7-20(31-2)21(12-15)32-3)9-8-17(14-22(24)29)27-23(30)28-19-13-16(26)5-6-18(19)25/h4-7,12-13,17,22H,8-11,14H2,1-3H3,(H2,27,28,30)/t17-,22+,24+/m1/s1. The SMILES string of the molecule is COc1ccc([C@@]23CC[C@@H](NC(=O)Nc4cc(F)ccc4Cl)C[C@@H]2N(C)CC3)cc1OC. The second kappa shape index (κ2) is 9.16. The number of likely N-dealkylation sites (tertiary alicyclic amines) is 1. The lowest BCUT2D eigenvalue weighted by Gasteiger charge is -2.45. The van der Waals surface area contributed by atoms with E-state index in [-0.39, 0.29) is 29.2 Å². The van der Waals surface area contributed by atoms with E-state index < -0.39 is 5.82 Å². The van der Waals surface area contributed by atoms with Crippen LogP contribution in [-0.2, 0) is 5.41 Å². The molecule has 2 fully saturated rings. The second-order valence-electron chi connectivity index (χ2n) is 8.67. The maximum absolute atomic E-state index is 13.5. The average Bonchev–Trinajstić information content (AvgIpc) is 3.13. The predicted octanol–water partition coefficient (Wildman–Crippen LogP) is 4.81. The van der Waals surface area contributed by atoms with Crippen LogP contribution in [0.25, 0.3) is 0 Å². The van der Waals surface area contributed by atoms with Crippen LogP contribution in [0.3, 0.4) is 0 Å². The molecule has 2 amide bonds. The number of nitrogens with one attached hydrogen (secondary N) is 2. The van der Waals surface area contributed by atoms with Gasteiger partial charge in [-0.05, 0) is 75.2 Å². The number of carbonyl (C=O) groups is 1. The van der Waals surface area contributed by atoms with Crippen molar-refractivity contribution < 1.29 is 18.7 Å². The van der Waals surface area contributed by atoms with Gasteiger partial charge in [-0.1, -0.05) is 17.7 Å². The Hall–Kier alpha value is -2.51. The number of ether oxygens (including phenoxy) is 2. The molecule has 8 heteroatoms. The van der Waals surface area contributed by atoms with Crippen LogP contribution in [0, 0.1) is 5.82 Å². The largest absolute Gasteiger partial charge is 0.493 e. The number of fused-ring (bicyclic) bond motifs is 1. The van der Waals surface area contributed by atoms with Gasteiger partial charge in [0, 0.05) is 17.5 Å². The van der Waals surface area contributed by atoms with Crippen LogP contribution < -0.4 is 20.1 Å². The van der Waals surface area contributed by atoms with Gasteiger partial charge in [-0.3, -0.25) is 0 Å². The Morgan fingerprint density at radius 1 is 1.16 bits per heavy atom. The molecule has 1 aliphatic heterocycles. The molecule has 2 aromatic carbocycles. The summed E-state index contributed by atoms with van der Waals surface area (Å²) in [5.74, 6) is 1.01. The molecule has 0 bridgehead atoms. The maximum atomic E-state index is 13.5. The van der Waals surface area contributed by atoms with E-state index in [0.717, 1.165) is 43.7 Å². The van der Waals surface area contributed by atoms with E-state index >= 15 is 0 Å². The summed E-state index contributed by atoms with van der Waals surface area (Å²) >= 11 is 6.07. The van der Waals surface area contributed by atoms with Crippen molar-refractivity contribution in [3.8, 4) is 11.5 Å². The minimum atomic E-state index is -0.449. The fraction of sp³-hybridized carbons (Fsp3) is 0.458. The Bertz CT molecular complexity index is 1000. The zero-order valence-electron chi connectivity index (χ0n) is 18.6. The molecule has 6 nitrogen and oxygen atoms in total. The van der Waals surface area contributed by atoms with Gasteiger partial charge in [0.25, 0.3) is 0 Å². The van der Waals surface area contributed by atoms with Crippen molar-refractivity contribution in [2.24, 2.45) is 0 Å². The van der Waals surface area contributed by atoms with Gasteiger partial charge in [0.2, 0.25) is 0 Å². The molecular weight excluding hydrogens is 433 g/mol. The Morgan fingerprint density at radius 3 is 2.69 bits per heavy atom. The number of amides is 2. The molecule has 4 rings (SSSR count). The number of halogens is 2. The highest BCUT2D eigenvalue weighted by Crippen LogP contribution is 2.49. The Labute approximate surface area is 193 Å². The van der Waals surface area contributed by atoms with E-state index in [1.807, 2.05) is 6.07 Å². The minimum absolute atomic E-state index is 0.00875. The molecule has 2 aromatic rings. The number of urea groups is 1. The third-order valence-corrected chi connectivity index (χ3v) is 7.33. The molecule has 0 spiro atoms. The number of carbonyl (C=O) groups excluding carboxylic acids is 1. The van der Waals surface area contributed by atoms with Crippen molar-refractivity contribution in [3.63, 3.8) is 0 Å². The maximum Gasteiger partial charge on any atom is 0.319 e. The zero-order valence-corrected chi connectivity index (χ0v) is 19.3. The van der Waals surface area contributed by atoms with E-state index in [0.29, 0.717) is 5.02 Å². The molecule has 0 radical (unpaired) electrons. The molecule has 2 aliphatic rings. The van der Waals surface area contributed by atoms with Gasteiger partial charge in [0.05, 0.1) is 24.9 Å². The van der Waals surface area contributed by atoms with Crippen molar-refractivity contribution in [1.29, 1.82) is 0 Å². The summed E-state index contributed by atoms with van der Waals surface area (Å²) in [6, 6.07) is 10.0. The van der Waals surface area contributed by atoms with Crippen LogP contribution in [0.4, 0.5) is 14.9 Å². The Morgan fingerprint density at radius 2 is 1.94 bits per heavy atom. The van der Waals surface area contributed by atoms with Crippen LogP contribution in [0.15, 0.2) is 36.4 Å². The highest BCUT2D eigenvalue weighted by atomic mass is 35.5. The van der Waals surface area contributed by atoms with Gasteiger partial charge < -0.3 is 25.0 Å². The van der Waals surface area contributed by atoms with Gasteiger partial charge in [0.15, 0.2) is 11.5 Å². The monoisotopic (exact) mass is 461 g/mol. The number of rotatable bonds is 5. The first kappa shape index (κ1) is 22.7. The van der Waals surface area contributed by atoms with Crippen LogP contribution in [-0.4, -0.2) is 50.8 Å². The third kappa shape index (κ3) is 4.24. The molecule has 1 aliphatic carbocycles. The van der Waals surface area contributed by atoms with Gasteiger partial charge in [0.1, 0.15) is 5.82 Å². The van der Waals surface area contributed by atoms with Crippen LogP contribution in [0.1, 0.15) is 31.2 Å². The van der Waals surface area contributed by atoms with Gasteiger partial charge in [-0.2, -0.15) is 0 Å². The lowest BCUT2D eigenvalue weighted by atomic mass is 9.65. The number of nitrogens with zero attached hydrogens (tertiary/aromatic N) is 1. The minimum Gasteiger partial charge on any atom is -0.493 e. The van der Waals surface area contributed by atoms with E-state index in [9.17, 15) is 9.18 Å². The molecule has 1 saturated carbocycles. The molecule has 0 unspecified atom stereocenters. The number of methoxy groups -OCH3 is 2. The molecule has 3 atom stereocenters. The van der Waals surface area contributed by atoms with Crippen LogP contribution in [0.2, 0.25) is 5.02 Å². The van der Waals surface area contributed by atoms with Crippen LogP contribution >= 0.6 is 11.6 Å². The van der Waals surface area contributed by atoms with E-state index in [2.05, 4.69) is 34.7 Å². The van der Waals surface area contributed by atoms with Crippen LogP contribution in [0.5, 0.6) is 11.5 Å². The lowest BCUT2D eigenvalue weighted by Crippen LogP contribution is -2.52. The second-order valence-corrected chi connectivity index (χ2v) is 9.07. The van der Waals surface area contributed by atoms with Gasteiger partial charge in [-0.15, -0.1) is 0 Å². The van der Waals surface area contributed by atoms with Crippen molar-refractivity contribution in [2.45, 2.75) is 43.2 Å². The first-order chi connectivity index (χ1) is 15.4. The highest BCUT2D eigenvalue weighted by molar-refractivity contribution is 6.33. The smallest absolute Gasteiger partial charge is 0.319 e. The van der Waals surface area contributed by atoms with Crippen molar-refractivity contribution in [3.05, 3.63) is 52.8 Å². The first-order valence-electron chi connectivity index (χ1n) is 10.8. The van der Waals surface area contributed by atoms with E-state index in [1.54, 1.807) is 14.2 Å². The summed E-state index contributed by atoms with van der Waals surface area (Å²) in [5.41, 5.74) is 1.52. The molecule has 1 saturated heterocycles. The summed E-state index contributed by atoms with van der Waals surface area (Å²) in [4.78, 5) is 15.0. The average molecular weight is 462 g/mol. The molecule has 2 N–H and O–H groups in total. The summed E-state index contributed by atoms with van der Waals surface area (Å²) < 4.78 is 24.5. The fourth-order valence-electron chi connectivity index (χ4n) is 5.33. The molecule has 172 valence electrons. The molecular formula is C24H29ClFN3O3. The Kier molecular flexibility index (Phi) is 6.49. The first-order valence-corrected chi connectivity index (χ1v) is 11.2. The quantitative estimate of drug-likeness (QED) is 0.670. The third-order valence-electron chi connectivity index (χ3n) is 7.00. The summed E-state index contributed by atoms with van der Waals surface area (Å²) in [7, 11) is 5.44. The van der Waals surface area contributed by atoms with E-state index in [4.69, 9.17) is 21.1 Å². The molecule has 32 heavy (non-hydrogen) atoms. The van der Waals surface area contributed by atoms with Crippen molar-refractivity contribution in [1.82, 2.24) is 10.2 Å². The normalized spacial score (nSPS) is 25.2. The summed E-state index contributed by atoms with van der Waals surface area (Å²) in [6.07, 6.45) is 3.68. The molecule has 1 heterocycles. The van der Waals surface area contributed by atoms with E-state index in [1.165, 1.54) is 23.8 Å². The van der Waals surface area contributed by atoms with Crippen molar-refractivity contribution in [2.75, 3.05) is 33.1 Å². The van der Waals surface area contributed by atoms with Gasteiger partial charge in [-0.25, -0.2) is 9.18 Å². The number of likely N-dealkylation sites (N-methyl/N-ethyl adjacent to an activating group) is 1. The molecule has 0 aromatic heterocycles. The highest BCUT2D eigenvalue weighted by Gasteiger charge is 2.50. The van der Waals surface area contributed by atoms with Crippen molar-refractivity contribution >= 4 is 23.3 Å². The predicted molar refractivity (Wildman–Crippen MR) is 123 cm³/mol. The zero-order chi connectivity index (χ0) is 22.9. The number of hydrogen-bond donors (Lipinski definition) is 2. The number of hydrogen-bond acceptors (Lipinski definition) is 4.